The average molecular weight is 505 g/mol. The van der Waals surface area contributed by atoms with Crippen LogP contribution in [-0.4, -0.2) is 20.9 Å². The first-order chi connectivity index (χ1) is 14.6. The number of nitrogens with zero attached hydrogens (tertiary/aromatic N) is 1. The zero-order chi connectivity index (χ0) is 22.6. The van der Waals surface area contributed by atoms with Gasteiger partial charge in [-0.2, -0.15) is 13.0 Å². The van der Waals surface area contributed by atoms with Gasteiger partial charge in [-0.3, -0.25) is 4.79 Å². The summed E-state index contributed by atoms with van der Waals surface area (Å²) in [6.07, 6.45) is 3.42. The molecule has 1 N–H and O–H groups in total. The maximum Gasteiger partial charge on any atom is 0.333 e. The lowest BCUT2D eigenvalue weighted by molar-refractivity contribution is -0.687. The normalized spacial score (nSPS) is 11.2. The van der Waals surface area contributed by atoms with Gasteiger partial charge in [0, 0.05) is 17.7 Å². The van der Waals surface area contributed by atoms with Gasteiger partial charge >= 0.3 is 10.2 Å². The highest BCUT2D eigenvalue weighted by Crippen LogP contribution is 2.26. The number of amides is 1. The first-order valence-corrected chi connectivity index (χ1v) is 11.2. The molecule has 1 heterocycles. The van der Waals surface area contributed by atoms with E-state index in [1.165, 1.54) is 18.2 Å². The number of hydrogen-bond acceptors (Lipinski definition) is 4. The number of benzene rings is 2. The molecule has 3 aromatic rings. The van der Waals surface area contributed by atoms with E-state index >= 15 is 0 Å². The molecule has 1 amide bonds. The quantitative estimate of drug-likeness (QED) is 0.375. The van der Waals surface area contributed by atoms with Gasteiger partial charge < -0.3 is 10.1 Å². The van der Waals surface area contributed by atoms with Crippen molar-refractivity contribution in [2.24, 2.45) is 0 Å². The van der Waals surface area contributed by atoms with Gasteiger partial charge in [-0.05, 0) is 30.3 Å². The monoisotopic (exact) mass is 503 g/mol. The van der Waals surface area contributed by atoms with Crippen molar-refractivity contribution in [2.45, 2.75) is 11.4 Å². The molecule has 0 radical (unpaired) electrons. The third-order valence-electron chi connectivity index (χ3n) is 4.03. The van der Waals surface area contributed by atoms with E-state index in [2.05, 4.69) is 5.32 Å². The van der Waals surface area contributed by atoms with Crippen LogP contribution in [0.15, 0.2) is 65.8 Å². The summed E-state index contributed by atoms with van der Waals surface area (Å²) >= 11 is 17.6. The van der Waals surface area contributed by atoms with Crippen LogP contribution in [0.2, 0.25) is 15.1 Å². The maximum atomic E-state index is 13.1. The largest absolute Gasteiger partial charge is 0.484 e. The fraction of sp³-hybridized carbons (Fsp3) is 0.100. The molecule has 0 unspecified atom stereocenters. The lowest BCUT2D eigenvalue weighted by Gasteiger charge is -2.08. The predicted octanol–water partition coefficient (Wildman–Crippen LogP) is 4.66. The van der Waals surface area contributed by atoms with Crippen molar-refractivity contribution in [3.05, 3.63) is 81.6 Å². The third-order valence-corrected chi connectivity index (χ3v) is 6.07. The lowest BCUT2D eigenvalue weighted by atomic mass is 10.2. The summed E-state index contributed by atoms with van der Waals surface area (Å²) < 4.78 is 42.3. The molecular weight excluding hydrogens is 490 g/mol. The van der Waals surface area contributed by atoms with Crippen LogP contribution in [0.25, 0.3) is 0 Å². The molecule has 6 nitrogen and oxygen atoms in total. The average Bonchev–Trinajstić information content (AvgIpc) is 2.68. The summed E-state index contributed by atoms with van der Waals surface area (Å²) in [6.45, 7) is 0.0808. The summed E-state index contributed by atoms with van der Waals surface area (Å²) in [6, 6.07) is 12.0. The summed E-state index contributed by atoms with van der Waals surface area (Å²) in [5, 5.41) is 3.21. The van der Waals surface area contributed by atoms with Crippen molar-refractivity contribution < 1.29 is 26.4 Å². The van der Waals surface area contributed by atoms with Crippen LogP contribution in [0.4, 0.5) is 9.57 Å². The molecule has 0 atom stereocenters. The molecule has 2 aromatic carbocycles. The second-order valence-electron chi connectivity index (χ2n) is 6.38. The van der Waals surface area contributed by atoms with Gasteiger partial charge in [0.25, 0.3) is 5.91 Å². The Morgan fingerprint density at radius 1 is 1.03 bits per heavy atom. The number of hydrogen-bond donors (Lipinski definition) is 1. The molecule has 1 aromatic heterocycles. The maximum absolute atomic E-state index is 13.1. The number of anilines is 1. The summed E-state index contributed by atoms with van der Waals surface area (Å²) in [5.41, 5.74) is 1.16. The van der Waals surface area contributed by atoms with E-state index in [1.54, 1.807) is 41.2 Å². The number of halogens is 4. The molecular formula is C20H15Cl3FN2O4S+. The van der Waals surface area contributed by atoms with E-state index in [0.717, 1.165) is 6.07 Å². The van der Waals surface area contributed by atoms with Crippen LogP contribution in [0, 0.1) is 0 Å². The first kappa shape index (κ1) is 23.3. The number of carbonyl (C=O) groups is 1. The van der Waals surface area contributed by atoms with Crippen LogP contribution < -0.4 is 14.6 Å². The Balaban J connectivity index is 1.62. The van der Waals surface area contributed by atoms with Gasteiger partial charge in [0.2, 0.25) is 0 Å². The molecule has 31 heavy (non-hydrogen) atoms. The second kappa shape index (κ2) is 9.82. The topological polar surface area (TPSA) is 76.3 Å². The van der Waals surface area contributed by atoms with Crippen molar-refractivity contribution in [1.29, 1.82) is 0 Å². The highest BCUT2D eigenvalue weighted by atomic mass is 35.5. The molecule has 0 bridgehead atoms. The first-order valence-electron chi connectivity index (χ1n) is 8.72. The molecule has 162 valence electrons. The summed E-state index contributed by atoms with van der Waals surface area (Å²) in [5.74, 6) is 0.0210. The van der Waals surface area contributed by atoms with E-state index < -0.39 is 15.1 Å². The van der Waals surface area contributed by atoms with E-state index in [0.29, 0.717) is 33.6 Å². The van der Waals surface area contributed by atoms with Crippen molar-refractivity contribution in [2.75, 3.05) is 11.9 Å². The summed E-state index contributed by atoms with van der Waals surface area (Å²) in [4.78, 5) is 11.6. The molecule has 0 saturated carbocycles. The zero-order valence-corrected chi connectivity index (χ0v) is 18.8. The van der Waals surface area contributed by atoms with Gasteiger partial charge in [0.1, 0.15) is 16.3 Å². The minimum absolute atomic E-state index is 0.204. The molecule has 0 fully saturated rings. The van der Waals surface area contributed by atoms with Gasteiger partial charge in [-0.1, -0.05) is 40.9 Å². The highest BCUT2D eigenvalue weighted by Gasteiger charge is 2.17. The van der Waals surface area contributed by atoms with Crippen LogP contribution >= 0.6 is 34.8 Å². The molecule has 11 heteroatoms. The van der Waals surface area contributed by atoms with Gasteiger partial charge in [0.05, 0.1) is 15.1 Å². The van der Waals surface area contributed by atoms with Gasteiger partial charge in [0.15, 0.2) is 25.5 Å². The second-order valence-corrected chi connectivity index (χ2v) is 8.92. The van der Waals surface area contributed by atoms with Gasteiger partial charge in [-0.25, -0.2) is 0 Å². The molecule has 0 saturated heterocycles. The Labute approximate surface area is 193 Å². The molecule has 0 aliphatic heterocycles. The minimum Gasteiger partial charge on any atom is -0.484 e. The Hall–Kier alpha value is -2.39. The van der Waals surface area contributed by atoms with E-state index in [9.17, 15) is 17.1 Å². The van der Waals surface area contributed by atoms with E-state index in [1.807, 2.05) is 0 Å². The fourth-order valence-electron chi connectivity index (χ4n) is 2.66. The lowest BCUT2D eigenvalue weighted by Crippen LogP contribution is -2.34. The Kier molecular flexibility index (Phi) is 7.38. The fourth-order valence-corrected chi connectivity index (χ4v) is 3.95. The van der Waals surface area contributed by atoms with Gasteiger partial charge in [-0.15, -0.1) is 3.89 Å². The zero-order valence-electron chi connectivity index (χ0n) is 15.7. The number of rotatable bonds is 7. The minimum atomic E-state index is -4.89. The number of pyridine rings is 1. The van der Waals surface area contributed by atoms with Crippen LogP contribution in [-0.2, 0) is 21.6 Å². The number of nitrogens with one attached hydrogen (secondary N) is 1. The van der Waals surface area contributed by atoms with Crippen molar-refractivity contribution in [3.63, 3.8) is 0 Å². The smallest absolute Gasteiger partial charge is 0.333 e. The molecule has 3 rings (SSSR count). The Morgan fingerprint density at radius 3 is 2.48 bits per heavy atom. The Morgan fingerprint density at radius 2 is 1.81 bits per heavy atom. The molecule has 0 aliphatic carbocycles. The van der Waals surface area contributed by atoms with Crippen molar-refractivity contribution >= 4 is 56.6 Å². The summed E-state index contributed by atoms with van der Waals surface area (Å²) in [7, 11) is -4.89. The van der Waals surface area contributed by atoms with Crippen LogP contribution in [0.3, 0.4) is 0 Å². The van der Waals surface area contributed by atoms with Crippen LogP contribution in [0.1, 0.15) is 5.56 Å². The van der Waals surface area contributed by atoms with E-state index in [4.69, 9.17) is 39.5 Å². The Bertz CT molecular complexity index is 1240. The molecule has 0 spiro atoms. The predicted molar refractivity (Wildman–Crippen MR) is 116 cm³/mol. The van der Waals surface area contributed by atoms with Crippen molar-refractivity contribution in [3.8, 4) is 5.75 Å². The SMILES string of the molecule is O=C(COc1ccc(Cl)c(Cl)c1)Nc1ccc[n+](Cc2ccc(S(=O)(=O)F)c(Cl)c2)c1. The van der Waals surface area contributed by atoms with Crippen LogP contribution in [0.5, 0.6) is 5.75 Å². The highest BCUT2D eigenvalue weighted by molar-refractivity contribution is 7.86. The number of aromatic nitrogens is 1. The molecule has 0 aliphatic rings. The number of ether oxygens (including phenoxy) is 1. The standard InChI is InChI=1S/C20H14Cl3FN2O4S/c21-16-5-4-15(9-17(16)22)30-12-20(27)25-14-2-1-7-26(11-14)10-13-3-6-19(18(23)8-13)31(24,28)29/h1-9,11H,10,12H2/p+1. The number of carbonyl (C=O) groups excluding carboxylic acids is 1. The van der Waals surface area contributed by atoms with E-state index in [-0.39, 0.29) is 17.5 Å². The van der Waals surface area contributed by atoms with Crippen molar-refractivity contribution in [1.82, 2.24) is 0 Å². The third kappa shape index (κ3) is 6.54.